The van der Waals surface area contributed by atoms with Crippen molar-refractivity contribution < 1.29 is 90.8 Å². The van der Waals surface area contributed by atoms with Gasteiger partial charge in [-0.1, -0.05) is 151 Å². The third-order valence-corrected chi connectivity index (χ3v) is 24.0. The van der Waals surface area contributed by atoms with E-state index < -0.39 is 114 Å². The molecule has 0 saturated carbocycles. The number of pyridine rings is 3. The van der Waals surface area contributed by atoms with Crippen LogP contribution in [-0.4, -0.2) is 244 Å². The van der Waals surface area contributed by atoms with Gasteiger partial charge in [0.1, 0.15) is 54.4 Å². The van der Waals surface area contributed by atoms with Crippen molar-refractivity contribution in [2.45, 2.75) is 322 Å². The molecular weight excluding hydrogens is 1810 g/mol. The van der Waals surface area contributed by atoms with Gasteiger partial charge in [0.15, 0.2) is 37.2 Å². The molecular formula is C98H169N21O19S. The third-order valence-electron chi connectivity index (χ3n) is 23.4. The average molecular weight is 1980 g/mol. The van der Waals surface area contributed by atoms with Crippen LogP contribution >= 0.6 is 11.8 Å². The third kappa shape index (κ3) is 48.2. The second kappa shape index (κ2) is 67.4. The number of hydrogen-bond acceptors (Lipinski definition) is 23. The smallest absolute Gasteiger partial charge is 0.252 e. The fourth-order valence-corrected chi connectivity index (χ4v) is 14.8. The molecule has 0 aliphatic heterocycles. The Kier molecular flexibility index (Phi) is 61.2. The van der Waals surface area contributed by atoms with Gasteiger partial charge in [-0.05, 0) is 145 Å². The summed E-state index contributed by atoms with van der Waals surface area (Å²) in [5, 5.41) is 86.2. The van der Waals surface area contributed by atoms with Gasteiger partial charge in [0.25, 0.3) is 17.7 Å². The highest BCUT2D eigenvalue weighted by Crippen LogP contribution is 2.18. The van der Waals surface area contributed by atoms with E-state index in [1.165, 1.54) is 80.7 Å². The standard InChI is InChI=1S/C33H57N7O7.C33H57N7O6S.C32H55N7O6/c2*1-10-22(7)28(39-30(42)24-12-15-40(46)16-13-24)33(45)37-26(14-17-47-9)31(43)36-25(18-20(3)4)19-35-23(8)29(41)38-27(21(5)6)32(44)34-11-2;1-10-21(8)27(38-29(41)23-13-15-39(45)16-14-23)32(44)36-25(11-2)30(42)35-24(17-19(4)5)18-34-22(9)28(40)37-26(20(6)7)31(43)33-12-3/h2*12-13,15-16,20-23,25-28,35H,10-11,14,17-19H2,1-9H3,(H,34,44)(H,36,43)(H,37,45)(H,38,41)(H,39,42);13-16,19-22,24-27,34H,10-12,17-18H2,1-9H3,(H,33,43)(H,35,42)(H,36,44)(H,37,40)(H,38,41)/t2*22-,23-,25-,26-,27-,28-;21-,22-,24-,25-,26-,27-/m000/s1. The first-order chi connectivity index (χ1) is 65.4. The molecule has 3 heterocycles. The Bertz CT molecular complexity index is 4070. The molecule has 0 saturated heterocycles. The number of ether oxygens (including phenoxy) is 1. The molecule has 139 heavy (non-hydrogen) atoms. The maximum absolute atomic E-state index is 13.6. The summed E-state index contributed by atoms with van der Waals surface area (Å²) in [4.78, 5) is 196. The Balaban J connectivity index is 0.00000104. The van der Waals surface area contributed by atoms with E-state index in [2.05, 4.69) is 95.7 Å². The van der Waals surface area contributed by atoms with Crippen molar-refractivity contribution in [1.29, 1.82) is 0 Å². The summed E-state index contributed by atoms with van der Waals surface area (Å²) < 4.78 is 6.90. The van der Waals surface area contributed by atoms with Crippen molar-refractivity contribution in [2.75, 3.05) is 65.0 Å². The van der Waals surface area contributed by atoms with Crippen molar-refractivity contribution in [3.05, 3.63) is 106 Å². The summed E-state index contributed by atoms with van der Waals surface area (Å²) in [5.74, 6) is -5.58. The van der Waals surface area contributed by atoms with Gasteiger partial charge >= 0.3 is 0 Å². The van der Waals surface area contributed by atoms with Crippen LogP contribution in [0.3, 0.4) is 0 Å². The maximum atomic E-state index is 13.6. The first-order valence-electron chi connectivity index (χ1n) is 49.2. The predicted octanol–water partition coefficient (Wildman–Crippen LogP) is 3.41. The first-order valence-corrected chi connectivity index (χ1v) is 50.6. The van der Waals surface area contributed by atoms with Crippen molar-refractivity contribution >= 4 is 100 Å². The lowest BCUT2D eigenvalue weighted by molar-refractivity contribution is -0.605. The number of hydrogen-bond donors (Lipinski definition) is 18. The molecule has 0 aromatic carbocycles. The van der Waals surface area contributed by atoms with Crippen molar-refractivity contribution in [1.82, 2.24) is 95.7 Å². The largest absolute Gasteiger partial charge is 0.619 e. The van der Waals surface area contributed by atoms with Crippen LogP contribution in [0.15, 0.2) is 73.6 Å². The minimum absolute atomic E-state index is 0.0976. The van der Waals surface area contributed by atoms with E-state index in [0.717, 1.165) is 0 Å². The van der Waals surface area contributed by atoms with Crippen molar-refractivity contribution in [3.63, 3.8) is 0 Å². The van der Waals surface area contributed by atoms with Crippen molar-refractivity contribution in [2.24, 2.45) is 53.3 Å². The Hall–Kier alpha value is -10.9. The van der Waals surface area contributed by atoms with E-state index in [-0.39, 0.29) is 155 Å². The number of amides is 15. The number of likely N-dealkylation sites (N-methyl/N-ethyl adjacent to an activating group) is 3. The number of aromatic nitrogens is 3. The summed E-state index contributed by atoms with van der Waals surface area (Å²) in [7, 11) is 1.50. The lowest BCUT2D eigenvalue weighted by Crippen LogP contribution is -2.58. The number of nitrogens with zero attached hydrogens (tertiary/aromatic N) is 3. The summed E-state index contributed by atoms with van der Waals surface area (Å²) in [6.07, 6.45) is 13.6. The van der Waals surface area contributed by atoms with Gasteiger partial charge < -0.3 is 116 Å². The Morgan fingerprint density at radius 3 is 0.784 bits per heavy atom. The Morgan fingerprint density at radius 2 is 0.561 bits per heavy atom. The molecule has 786 valence electrons. The molecule has 0 spiro atoms. The van der Waals surface area contributed by atoms with Gasteiger partial charge in [0.05, 0.1) is 34.8 Å². The fraction of sp³-hybridized carbons (Fsp3) is 0.694. The molecule has 3 rings (SSSR count). The minimum atomic E-state index is -0.957. The predicted molar refractivity (Wildman–Crippen MR) is 537 cm³/mol. The van der Waals surface area contributed by atoms with Crippen molar-refractivity contribution in [3.8, 4) is 0 Å². The number of methoxy groups -OCH3 is 1. The van der Waals surface area contributed by atoms with Crippen LogP contribution in [0, 0.1) is 68.9 Å². The number of rotatable bonds is 61. The topological polar surface area (TPSA) is 563 Å². The van der Waals surface area contributed by atoms with E-state index in [1.807, 2.05) is 152 Å². The van der Waals surface area contributed by atoms with Crippen LogP contribution in [0.2, 0.25) is 0 Å². The summed E-state index contributed by atoms with van der Waals surface area (Å²) in [6, 6.07) is -2.16. The zero-order valence-electron chi connectivity index (χ0n) is 87.3. The molecule has 3 aromatic rings. The van der Waals surface area contributed by atoms with E-state index >= 15 is 0 Å². The summed E-state index contributed by atoms with van der Waals surface area (Å²) >= 11 is 1.55. The second-order valence-electron chi connectivity index (χ2n) is 37.8. The highest BCUT2D eigenvalue weighted by molar-refractivity contribution is 7.98. The second-order valence-corrected chi connectivity index (χ2v) is 38.8. The van der Waals surface area contributed by atoms with E-state index in [0.29, 0.717) is 104 Å². The van der Waals surface area contributed by atoms with Crippen LogP contribution in [0.5, 0.6) is 0 Å². The minimum Gasteiger partial charge on any atom is -0.619 e. The molecule has 18 atom stereocenters. The molecule has 0 bridgehead atoms. The first kappa shape index (κ1) is 126. The zero-order chi connectivity index (χ0) is 106. The van der Waals surface area contributed by atoms with E-state index in [4.69, 9.17) is 4.74 Å². The fourth-order valence-electron chi connectivity index (χ4n) is 14.3. The average Bonchev–Trinajstić information content (AvgIpc) is 0.853. The highest BCUT2D eigenvalue weighted by Gasteiger charge is 2.38. The van der Waals surface area contributed by atoms with Crippen LogP contribution in [-0.2, 0) is 62.3 Å². The molecule has 15 amide bonds. The number of carbonyl (C=O) groups excluding carboxylic acids is 15. The highest BCUT2D eigenvalue weighted by atomic mass is 32.2. The normalized spacial score (nSPS) is 15.2. The van der Waals surface area contributed by atoms with Gasteiger partial charge in [-0.3, -0.25) is 71.9 Å². The molecule has 0 fully saturated rings. The van der Waals surface area contributed by atoms with Gasteiger partial charge in [0.2, 0.25) is 70.9 Å². The molecule has 41 heteroatoms. The Labute approximate surface area is 828 Å². The zero-order valence-corrected chi connectivity index (χ0v) is 88.1. The molecule has 18 N–H and O–H groups in total. The summed E-state index contributed by atoms with van der Waals surface area (Å²) in [6.45, 7) is 49.3. The lowest BCUT2D eigenvalue weighted by Gasteiger charge is -2.29. The maximum Gasteiger partial charge on any atom is 0.252 e. The molecule has 0 aliphatic rings. The SMILES string of the molecule is CCNC(=O)[C@@H](NC(=O)[C@H](C)NC[C@H](CC(C)C)NC(=O)[C@H](CC)NC(=O)[C@@H](NC(=O)c1cc[n+]([O-])cc1)[C@@H](C)CC)C(C)C.CCNC(=O)[C@@H](NC(=O)[C@H](C)NC[C@H](CC(C)C)NC(=O)[C@H](CCOC)NC(=O)[C@@H](NC(=O)c1cc[n+]([O-])cc1)[C@@H](C)CC)C(C)C.CCNC(=O)[C@@H](NC(=O)[C@H](C)NC[C@H](CC(C)C)NC(=O)[C@H](CCSC)NC(=O)[C@@H](NC(=O)c1cc[n+]([O-])cc1)[C@@H](C)CC)C(C)C. The van der Waals surface area contributed by atoms with E-state index in [1.54, 1.807) is 39.5 Å². The quantitative estimate of drug-likeness (QED) is 0.0284. The molecule has 0 unspecified atom stereocenters. The number of thioether (sulfide) groups is 1. The number of carbonyl (C=O) groups is 15. The van der Waals surface area contributed by atoms with Crippen LogP contribution in [0.1, 0.15) is 262 Å². The molecule has 0 radical (unpaired) electrons. The molecule has 3 aromatic heterocycles. The summed E-state index contributed by atoms with van der Waals surface area (Å²) in [5.41, 5.74) is 0.706. The van der Waals surface area contributed by atoms with Crippen LogP contribution in [0.4, 0.5) is 0 Å². The number of nitrogens with one attached hydrogen (secondary N) is 18. The van der Waals surface area contributed by atoms with Gasteiger partial charge in [-0.2, -0.15) is 26.0 Å². The van der Waals surface area contributed by atoms with Crippen LogP contribution < -0.4 is 110 Å². The lowest BCUT2D eigenvalue weighted by atomic mass is 9.97. The van der Waals surface area contributed by atoms with Gasteiger partial charge in [-0.25, -0.2) is 0 Å². The van der Waals surface area contributed by atoms with Gasteiger partial charge in [0, 0.05) is 108 Å². The Morgan fingerprint density at radius 1 is 0.309 bits per heavy atom. The van der Waals surface area contributed by atoms with Crippen LogP contribution in [0.25, 0.3) is 0 Å². The van der Waals surface area contributed by atoms with Gasteiger partial charge in [-0.15, -0.1) is 0 Å². The molecule has 40 nitrogen and oxygen atoms in total. The molecule has 0 aliphatic carbocycles. The monoisotopic (exact) mass is 1980 g/mol. The van der Waals surface area contributed by atoms with E-state index in [9.17, 15) is 87.5 Å².